The number of hydrogen-bond donors (Lipinski definition) is 1. The molecular formula is C16H18N2O. The molecule has 0 bridgehead atoms. The number of aromatic nitrogens is 1. The molecule has 0 unspecified atom stereocenters. The Morgan fingerprint density at radius 1 is 1.21 bits per heavy atom. The Morgan fingerprint density at radius 2 is 1.95 bits per heavy atom. The van der Waals surface area contributed by atoms with Crippen molar-refractivity contribution < 1.29 is 4.79 Å². The van der Waals surface area contributed by atoms with Gasteiger partial charge in [0.15, 0.2) is 0 Å². The van der Waals surface area contributed by atoms with E-state index in [1.54, 1.807) is 12.3 Å². The number of nitrogens with one attached hydrogen (secondary N) is 1. The first-order valence-electron chi connectivity index (χ1n) is 6.30. The molecular weight excluding hydrogens is 236 g/mol. The highest BCUT2D eigenvalue weighted by Crippen LogP contribution is 2.21. The number of benzene rings is 1. The van der Waals surface area contributed by atoms with Gasteiger partial charge in [0.2, 0.25) is 5.91 Å². The fourth-order valence-corrected chi connectivity index (χ4v) is 1.71. The summed E-state index contributed by atoms with van der Waals surface area (Å²) in [5, 5.41) is 3.88. The summed E-state index contributed by atoms with van der Waals surface area (Å²) in [7, 11) is 0. The number of carbonyl (C=O) groups is 1. The van der Waals surface area contributed by atoms with Crippen LogP contribution in [0.4, 0.5) is 5.69 Å². The Balaban J connectivity index is 2.22. The minimum atomic E-state index is -0.131. The molecule has 1 aromatic carbocycles. The lowest BCUT2D eigenvalue weighted by Crippen LogP contribution is -2.10. The van der Waals surface area contributed by atoms with Gasteiger partial charge >= 0.3 is 0 Å². The average molecular weight is 254 g/mol. The maximum Gasteiger partial charge on any atom is 0.248 e. The average Bonchev–Trinajstić information content (AvgIpc) is 2.36. The largest absolute Gasteiger partial charge is 0.321 e. The summed E-state index contributed by atoms with van der Waals surface area (Å²) in [5.74, 6) is -0.131. The smallest absolute Gasteiger partial charge is 0.248 e. The highest BCUT2D eigenvalue weighted by molar-refractivity contribution is 6.04. The summed E-state index contributed by atoms with van der Waals surface area (Å²) in [5.41, 5.74) is 1.54. The molecule has 0 spiro atoms. The Hall–Kier alpha value is -2.16. The van der Waals surface area contributed by atoms with Gasteiger partial charge in [0.1, 0.15) is 0 Å². The minimum Gasteiger partial charge on any atom is -0.321 e. The zero-order chi connectivity index (χ0) is 13.9. The van der Waals surface area contributed by atoms with Crippen LogP contribution < -0.4 is 5.32 Å². The first kappa shape index (κ1) is 13.3. The molecule has 0 saturated heterocycles. The van der Waals surface area contributed by atoms with E-state index in [-0.39, 0.29) is 11.3 Å². The highest BCUT2D eigenvalue weighted by Gasteiger charge is 2.07. The van der Waals surface area contributed by atoms with E-state index in [9.17, 15) is 4.79 Å². The number of rotatable bonds is 2. The van der Waals surface area contributed by atoms with Crippen molar-refractivity contribution in [1.29, 1.82) is 0 Å². The number of para-hydroxylation sites is 1. The number of anilines is 1. The van der Waals surface area contributed by atoms with E-state index in [0.29, 0.717) is 0 Å². The van der Waals surface area contributed by atoms with Crippen molar-refractivity contribution in [3.05, 3.63) is 48.7 Å². The second kappa shape index (κ2) is 5.22. The number of pyridine rings is 1. The molecule has 3 nitrogen and oxygen atoms in total. The zero-order valence-electron chi connectivity index (χ0n) is 11.5. The first-order valence-corrected chi connectivity index (χ1v) is 6.30. The van der Waals surface area contributed by atoms with Gasteiger partial charge < -0.3 is 5.32 Å². The van der Waals surface area contributed by atoms with Gasteiger partial charge in [-0.05, 0) is 23.6 Å². The van der Waals surface area contributed by atoms with E-state index < -0.39 is 0 Å². The Labute approximate surface area is 113 Å². The van der Waals surface area contributed by atoms with Gasteiger partial charge in [-0.1, -0.05) is 45.0 Å². The van der Waals surface area contributed by atoms with Gasteiger partial charge in [0.25, 0.3) is 0 Å². The van der Waals surface area contributed by atoms with E-state index >= 15 is 0 Å². The fraction of sp³-hybridized carbons (Fsp3) is 0.250. The molecule has 19 heavy (non-hydrogen) atoms. The minimum absolute atomic E-state index is 0.00561. The van der Waals surface area contributed by atoms with Crippen molar-refractivity contribution in [1.82, 2.24) is 4.98 Å². The van der Waals surface area contributed by atoms with Crippen LogP contribution >= 0.6 is 0 Å². The van der Waals surface area contributed by atoms with E-state index in [2.05, 4.69) is 31.1 Å². The summed E-state index contributed by atoms with van der Waals surface area (Å²) >= 11 is 0. The molecule has 2 aromatic rings. The monoisotopic (exact) mass is 254 g/mol. The van der Waals surface area contributed by atoms with Crippen molar-refractivity contribution in [2.45, 2.75) is 20.8 Å². The molecule has 1 heterocycles. The van der Waals surface area contributed by atoms with Crippen molar-refractivity contribution >= 4 is 22.5 Å². The SMILES string of the molecule is CC(C)(C)/C=C/C(=O)Nc1cccc2cccnc12. The molecule has 1 aromatic heterocycles. The van der Waals surface area contributed by atoms with E-state index in [0.717, 1.165) is 16.6 Å². The van der Waals surface area contributed by atoms with Crippen LogP contribution in [0.2, 0.25) is 0 Å². The van der Waals surface area contributed by atoms with Crippen LogP contribution in [0.25, 0.3) is 10.9 Å². The predicted molar refractivity (Wildman–Crippen MR) is 79.0 cm³/mol. The zero-order valence-corrected chi connectivity index (χ0v) is 11.5. The maximum absolute atomic E-state index is 11.9. The standard InChI is InChI=1S/C16H18N2O/c1-16(2,3)10-9-14(19)18-13-8-4-6-12-7-5-11-17-15(12)13/h4-11H,1-3H3,(H,18,19)/b10-9+. The summed E-state index contributed by atoms with van der Waals surface area (Å²) in [6.45, 7) is 6.16. The Kier molecular flexibility index (Phi) is 3.65. The quantitative estimate of drug-likeness (QED) is 0.829. The van der Waals surface area contributed by atoms with Crippen LogP contribution in [0.1, 0.15) is 20.8 Å². The van der Waals surface area contributed by atoms with E-state index in [4.69, 9.17) is 0 Å². The highest BCUT2D eigenvalue weighted by atomic mass is 16.1. The second-order valence-electron chi connectivity index (χ2n) is 5.57. The van der Waals surface area contributed by atoms with Gasteiger partial charge in [-0.3, -0.25) is 9.78 Å². The van der Waals surface area contributed by atoms with Crippen LogP contribution in [0.15, 0.2) is 48.7 Å². The number of carbonyl (C=O) groups excluding carboxylic acids is 1. The molecule has 0 atom stereocenters. The van der Waals surface area contributed by atoms with Crippen molar-refractivity contribution in [3.63, 3.8) is 0 Å². The molecule has 1 amide bonds. The molecule has 98 valence electrons. The lowest BCUT2D eigenvalue weighted by Gasteiger charge is -2.11. The van der Waals surface area contributed by atoms with Crippen LogP contribution in [0, 0.1) is 5.41 Å². The van der Waals surface area contributed by atoms with Gasteiger partial charge in [0, 0.05) is 11.6 Å². The van der Waals surface area contributed by atoms with Crippen LogP contribution in [0.5, 0.6) is 0 Å². The summed E-state index contributed by atoms with van der Waals surface area (Å²) in [6, 6.07) is 9.60. The van der Waals surface area contributed by atoms with Crippen LogP contribution in [-0.4, -0.2) is 10.9 Å². The van der Waals surface area contributed by atoms with Crippen molar-refractivity contribution in [2.24, 2.45) is 5.41 Å². The third kappa shape index (κ3) is 3.65. The fourth-order valence-electron chi connectivity index (χ4n) is 1.71. The maximum atomic E-state index is 11.9. The lowest BCUT2D eigenvalue weighted by molar-refractivity contribution is -0.111. The second-order valence-corrected chi connectivity index (χ2v) is 5.57. The summed E-state index contributed by atoms with van der Waals surface area (Å²) in [4.78, 5) is 16.2. The number of fused-ring (bicyclic) bond motifs is 1. The van der Waals surface area contributed by atoms with E-state index in [1.165, 1.54) is 0 Å². The number of hydrogen-bond acceptors (Lipinski definition) is 2. The number of allylic oxidation sites excluding steroid dienone is 1. The molecule has 0 aliphatic rings. The molecule has 3 heteroatoms. The summed E-state index contributed by atoms with van der Waals surface area (Å²) in [6.07, 6.45) is 5.19. The third-order valence-electron chi connectivity index (χ3n) is 2.63. The Morgan fingerprint density at radius 3 is 2.68 bits per heavy atom. The van der Waals surface area contributed by atoms with Crippen molar-refractivity contribution in [2.75, 3.05) is 5.32 Å². The van der Waals surface area contributed by atoms with Gasteiger partial charge in [0.05, 0.1) is 11.2 Å². The number of nitrogens with zero attached hydrogens (tertiary/aromatic N) is 1. The van der Waals surface area contributed by atoms with Gasteiger partial charge in [-0.2, -0.15) is 0 Å². The predicted octanol–water partition coefficient (Wildman–Crippen LogP) is 3.78. The Bertz CT molecular complexity index is 619. The third-order valence-corrected chi connectivity index (χ3v) is 2.63. The van der Waals surface area contributed by atoms with Gasteiger partial charge in [-0.15, -0.1) is 0 Å². The molecule has 0 aliphatic heterocycles. The van der Waals surface area contributed by atoms with Crippen molar-refractivity contribution in [3.8, 4) is 0 Å². The normalized spacial score (nSPS) is 11.9. The topological polar surface area (TPSA) is 42.0 Å². The van der Waals surface area contributed by atoms with Crippen LogP contribution in [-0.2, 0) is 4.79 Å². The molecule has 0 fully saturated rings. The molecule has 0 radical (unpaired) electrons. The molecule has 2 rings (SSSR count). The molecule has 1 N–H and O–H groups in total. The van der Waals surface area contributed by atoms with E-state index in [1.807, 2.05) is 36.4 Å². The molecule has 0 saturated carbocycles. The number of amides is 1. The van der Waals surface area contributed by atoms with Gasteiger partial charge in [-0.25, -0.2) is 0 Å². The summed E-state index contributed by atoms with van der Waals surface area (Å²) < 4.78 is 0. The van der Waals surface area contributed by atoms with Crippen LogP contribution in [0.3, 0.4) is 0 Å². The lowest BCUT2D eigenvalue weighted by atomic mass is 9.96. The first-order chi connectivity index (χ1) is 8.96. The molecule has 0 aliphatic carbocycles.